The predicted octanol–water partition coefficient (Wildman–Crippen LogP) is 3.63. The van der Waals surface area contributed by atoms with Crippen LogP contribution in [-0.4, -0.2) is 0 Å². The lowest BCUT2D eigenvalue weighted by atomic mass is 10.1. The van der Waals surface area contributed by atoms with Crippen LogP contribution in [0.4, 0.5) is 0 Å². The molecule has 17 heavy (non-hydrogen) atoms. The van der Waals surface area contributed by atoms with E-state index in [0.29, 0.717) is 12.1 Å². The molecule has 2 unspecified atom stereocenters. The van der Waals surface area contributed by atoms with Crippen molar-refractivity contribution in [2.75, 3.05) is 0 Å². The molecule has 0 spiro atoms. The van der Waals surface area contributed by atoms with Crippen molar-refractivity contribution in [2.24, 2.45) is 0 Å². The van der Waals surface area contributed by atoms with Gasteiger partial charge in [0, 0.05) is 0 Å². The van der Waals surface area contributed by atoms with Crippen LogP contribution in [0.2, 0.25) is 0 Å². The highest BCUT2D eigenvalue weighted by Gasteiger charge is 2.19. The topological polar surface area (TPSA) is 12.0 Å². The van der Waals surface area contributed by atoms with Gasteiger partial charge in [-0.1, -0.05) is 72.8 Å². The van der Waals surface area contributed by atoms with Crippen LogP contribution in [0.25, 0.3) is 0 Å². The lowest BCUT2D eigenvalue weighted by Gasteiger charge is -2.15. The summed E-state index contributed by atoms with van der Waals surface area (Å²) in [5, 5.41) is 3.61. The minimum Gasteiger partial charge on any atom is -0.296 e. The molecule has 3 rings (SSSR count). The zero-order chi connectivity index (χ0) is 11.5. The van der Waals surface area contributed by atoms with Crippen molar-refractivity contribution in [3.8, 4) is 0 Å². The Morgan fingerprint density at radius 1 is 0.588 bits per heavy atom. The van der Waals surface area contributed by atoms with Crippen molar-refractivity contribution in [2.45, 2.75) is 12.1 Å². The van der Waals surface area contributed by atoms with E-state index in [1.807, 2.05) is 0 Å². The third kappa shape index (κ3) is 2.15. The molecule has 0 radical (unpaired) electrons. The summed E-state index contributed by atoms with van der Waals surface area (Å²) in [4.78, 5) is 0. The zero-order valence-electron chi connectivity index (χ0n) is 9.58. The smallest absolute Gasteiger partial charge is 0.0514 e. The van der Waals surface area contributed by atoms with Crippen LogP contribution in [0.15, 0.2) is 72.8 Å². The van der Waals surface area contributed by atoms with Crippen molar-refractivity contribution in [3.63, 3.8) is 0 Å². The summed E-state index contributed by atoms with van der Waals surface area (Å²) in [6.07, 6.45) is 4.49. The fraction of sp³-hybridized carbons (Fsp3) is 0.125. The fourth-order valence-electron chi connectivity index (χ4n) is 2.26. The molecule has 1 N–H and O–H groups in total. The van der Waals surface area contributed by atoms with Gasteiger partial charge < -0.3 is 0 Å². The number of hydrogen-bond donors (Lipinski definition) is 1. The molecule has 0 saturated carbocycles. The Hall–Kier alpha value is -1.86. The van der Waals surface area contributed by atoms with Crippen molar-refractivity contribution in [1.82, 2.24) is 5.32 Å². The predicted molar refractivity (Wildman–Crippen MR) is 70.6 cm³/mol. The summed E-state index contributed by atoms with van der Waals surface area (Å²) < 4.78 is 0. The van der Waals surface area contributed by atoms with Crippen molar-refractivity contribution in [3.05, 3.63) is 83.9 Å². The maximum Gasteiger partial charge on any atom is 0.0514 e. The van der Waals surface area contributed by atoms with Gasteiger partial charge in [-0.3, -0.25) is 5.32 Å². The van der Waals surface area contributed by atoms with Gasteiger partial charge in [0.25, 0.3) is 0 Å². The molecule has 2 atom stereocenters. The zero-order valence-corrected chi connectivity index (χ0v) is 9.58. The van der Waals surface area contributed by atoms with Crippen LogP contribution >= 0.6 is 0 Å². The second-order valence-corrected chi connectivity index (χ2v) is 4.33. The van der Waals surface area contributed by atoms with E-state index in [0.717, 1.165) is 0 Å². The third-order valence-corrected chi connectivity index (χ3v) is 3.17. The molecule has 1 heterocycles. The van der Waals surface area contributed by atoms with Crippen LogP contribution in [0.1, 0.15) is 23.2 Å². The molecular weight excluding hydrogens is 206 g/mol. The van der Waals surface area contributed by atoms with Crippen LogP contribution < -0.4 is 5.32 Å². The van der Waals surface area contributed by atoms with Crippen molar-refractivity contribution < 1.29 is 0 Å². The molecule has 84 valence electrons. The summed E-state index contributed by atoms with van der Waals surface area (Å²) in [7, 11) is 0. The van der Waals surface area contributed by atoms with Crippen molar-refractivity contribution >= 4 is 0 Å². The van der Waals surface area contributed by atoms with E-state index in [9.17, 15) is 0 Å². The van der Waals surface area contributed by atoms with Gasteiger partial charge >= 0.3 is 0 Å². The maximum atomic E-state index is 3.61. The molecule has 0 fully saturated rings. The van der Waals surface area contributed by atoms with Gasteiger partial charge in [-0.2, -0.15) is 0 Å². The van der Waals surface area contributed by atoms with E-state index in [4.69, 9.17) is 0 Å². The summed E-state index contributed by atoms with van der Waals surface area (Å²) >= 11 is 0. The molecule has 2 aromatic carbocycles. The average Bonchev–Trinajstić information content (AvgIpc) is 2.90. The highest BCUT2D eigenvalue weighted by atomic mass is 15.0. The van der Waals surface area contributed by atoms with E-state index in [1.165, 1.54) is 11.1 Å². The highest BCUT2D eigenvalue weighted by Crippen LogP contribution is 2.27. The summed E-state index contributed by atoms with van der Waals surface area (Å²) in [6, 6.07) is 21.8. The van der Waals surface area contributed by atoms with E-state index >= 15 is 0 Å². The first-order chi connectivity index (χ1) is 8.43. The molecule has 0 bridgehead atoms. The summed E-state index contributed by atoms with van der Waals surface area (Å²) in [5.74, 6) is 0. The second kappa shape index (κ2) is 4.56. The van der Waals surface area contributed by atoms with Gasteiger partial charge in [-0.25, -0.2) is 0 Å². The molecule has 1 nitrogen and oxygen atoms in total. The Balaban J connectivity index is 1.78. The Morgan fingerprint density at radius 3 is 1.41 bits per heavy atom. The van der Waals surface area contributed by atoms with Gasteiger partial charge in [-0.05, 0) is 11.1 Å². The Bertz CT molecular complexity index is 454. The SMILES string of the molecule is C1=CC(c2ccccc2)NC1c1ccccc1. The van der Waals surface area contributed by atoms with E-state index < -0.39 is 0 Å². The van der Waals surface area contributed by atoms with Gasteiger partial charge in [0.1, 0.15) is 0 Å². The molecule has 0 saturated heterocycles. The first-order valence-corrected chi connectivity index (χ1v) is 5.98. The van der Waals surface area contributed by atoms with Crippen LogP contribution in [0.5, 0.6) is 0 Å². The third-order valence-electron chi connectivity index (χ3n) is 3.17. The first kappa shape index (κ1) is 10.3. The molecule has 1 aliphatic rings. The normalized spacial score (nSPS) is 22.8. The van der Waals surface area contributed by atoms with Crippen LogP contribution in [-0.2, 0) is 0 Å². The van der Waals surface area contributed by atoms with Gasteiger partial charge in [0.2, 0.25) is 0 Å². The molecular formula is C16H15N. The quantitative estimate of drug-likeness (QED) is 0.764. The molecule has 0 amide bonds. The standard InChI is InChI=1S/C16H15N/c1-3-7-13(8-4-1)15-11-12-16(17-15)14-9-5-2-6-10-14/h1-12,15-17H. The van der Waals surface area contributed by atoms with E-state index in [2.05, 4.69) is 78.1 Å². The molecule has 2 aromatic rings. The summed E-state index contributed by atoms with van der Waals surface area (Å²) in [5.41, 5.74) is 2.64. The lowest BCUT2D eigenvalue weighted by Crippen LogP contribution is -2.18. The van der Waals surface area contributed by atoms with Gasteiger partial charge in [0.15, 0.2) is 0 Å². The maximum absolute atomic E-state index is 3.61. The number of rotatable bonds is 2. The minimum atomic E-state index is 0.335. The highest BCUT2D eigenvalue weighted by molar-refractivity contribution is 5.32. The Kier molecular flexibility index (Phi) is 2.76. The monoisotopic (exact) mass is 221 g/mol. The average molecular weight is 221 g/mol. The lowest BCUT2D eigenvalue weighted by molar-refractivity contribution is 0.606. The van der Waals surface area contributed by atoms with Crippen LogP contribution in [0.3, 0.4) is 0 Å². The molecule has 1 heteroatoms. The van der Waals surface area contributed by atoms with Crippen molar-refractivity contribution in [1.29, 1.82) is 0 Å². The number of nitrogens with one attached hydrogen (secondary N) is 1. The number of benzene rings is 2. The second-order valence-electron chi connectivity index (χ2n) is 4.33. The van der Waals surface area contributed by atoms with Gasteiger partial charge in [-0.15, -0.1) is 0 Å². The largest absolute Gasteiger partial charge is 0.296 e. The first-order valence-electron chi connectivity index (χ1n) is 5.98. The van der Waals surface area contributed by atoms with Crippen LogP contribution in [0, 0.1) is 0 Å². The Labute approximate surface area is 102 Å². The molecule has 1 aliphatic heterocycles. The molecule has 0 aromatic heterocycles. The minimum absolute atomic E-state index is 0.335. The van der Waals surface area contributed by atoms with E-state index in [-0.39, 0.29) is 0 Å². The van der Waals surface area contributed by atoms with E-state index in [1.54, 1.807) is 0 Å². The summed E-state index contributed by atoms with van der Waals surface area (Å²) in [6.45, 7) is 0. The Morgan fingerprint density at radius 2 is 1.00 bits per heavy atom. The fourth-order valence-corrected chi connectivity index (χ4v) is 2.26. The van der Waals surface area contributed by atoms with Gasteiger partial charge in [0.05, 0.1) is 12.1 Å². The number of hydrogen-bond acceptors (Lipinski definition) is 1. The molecule has 0 aliphatic carbocycles.